The van der Waals surface area contributed by atoms with Crippen molar-refractivity contribution in [3.05, 3.63) is 162 Å². The lowest BCUT2D eigenvalue weighted by Gasteiger charge is -2.17. The second-order valence-corrected chi connectivity index (χ2v) is 12.7. The third kappa shape index (κ3) is 4.64. The molecule has 9 aromatic rings. The van der Waals surface area contributed by atoms with Crippen LogP contribution < -0.4 is 10.4 Å². The summed E-state index contributed by atoms with van der Waals surface area (Å²) >= 11 is 0. The molecule has 0 N–H and O–H groups in total. The van der Waals surface area contributed by atoms with E-state index in [0.29, 0.717) is 11.6 Å². The van der Waals surface area contributed by atoms with Gasteiger partial charge in [0.1, 0.15) is 17.0 Å². The minimum Gasteiger partial charge on any atom is -0.456 e. The molecule has 0 radical (unpaired) electrons. The van der Waals surface area contributed by atoms with Gasteiger partial charge >= 0.3 is 0 Å². The molecule has 2 aromatic heterocycles. The molecular weight excluding hydrogens is 599 g/mol. The summed E-state index contributed by atoms with van der Waals surface area (Å²) in [6.45, 7) is 0. The molecule has 0 fully saturated rings. The van der Waals surface area contributed by atoms with Crippen LogP contribution in [0.1, 0.15) is 18.2 Å². The summed E-state index contributed by atoms with van der Waals surface area (Å²) in [4.78, 5) is 15.6. The van der Waals surface area contributed by atoms with Crippen LogP contribution in [0.15, 0.2) is 150 Å². The number of hydrogen-bond acceptors (Lipinski definition) is 4. The number of furan rings is 1. The quantitative estimate of drug-likeness (QED) is 0.195. The number of para-hydroxylation sites is 1. The standard InChI is InChI=1S/C45H29N3O/c1-3-12-30-26-32(22-20-28(30)10-1)43-46-44(33-23-21-29-11-2-4-13-31(29)27-33)48-45(47-43)38-25-24-36(34-14-5-6-15-35(34)38)37-17-9-19-41-42(37)39-16-7-8-18-40(39)49-41/h1-22,24-27,33H,23H2. The van der Waals surface area contributed by atoms with E-state index >= 15 is 0 Å². The van der Waals surface area contributed by atoms with Crippen molar-refractivity contribution < 1.29 is 4.42 Å². The van der Waals surface area contributed by atoms with Crippen LogP contribution in [-0.4, -0.2) is 15.0 Å². The SMILES string of the molecule is C1=c2ccccc2=CC(c2nc(-c3ccc4ccccc4c3)nc(-c3ccc(-c4cccc5oc6ccccc6c45)c4ccccc34)n2)C1. The lowest BCUT2D eigenvalue weighted by molar-refractivity contribution is 0.669. The Kier molecular flexibility index (Phi) is 6.28. The van der Waals surface area contributed by atoms with Crippen molar-refractivity contribution in [2.75, 3.05) is 0 Å². The molecule has 0 saturated carbocycles. The highest BCUT2D eigenvalue weighted by atomic mass is 16.3. The largest absolute Gasteiger partial charge is 0.456 e. The lowest BCUT2D eigenvalue weighted by Crippen LogP contribution is -2.28. The van der Waals surface area contributed by atoms with E-state index in [9.17, 15) is 0 Å². The predicted octanol–water partition coefficient (Wildman–Crippen LogP) is 9.83. The molecule has 2 heterocycles. The molecule has 1 unspecified atom stereocenters. The van der Waals surface area contributed by atoms with Gasteiger partial charge in [-0.15, -0.1) is 0 Å². The van der Waals surface area contributed by atoms with Gasteiger partial charge in [0.15, 0.2) is 11.6 Å². The van der Waals surface area contributed by atoms with E-state index in [4.69, 9.17) is 19.4 Å². The number of benzene rings is 7. The molecule has 0 amide bonds. The zero-order valence-electron chi connectivity index (χ0n) is 26.5. The predicted molar refractivity (Wildman–Crippen MR) is 200 cm³/mol. The van der Waals surface area contributed by atoms with Crippen LogP contribution >= 0.6 is 0 Å². The summed E-state index contributed by atoms with van der Waals surface area (Å²) < 4.78 is 6.26. The highest BCUT2D eigenvalue weighted by Crippen LogP contribution is 2.41. The van der Waals surface area contributed by atoms with Gasteiger partial charge in [0, 0.05) is 27.8 Å². The number of nitrogens with zero attached hydrogens (tertiary/aromatic N) is 3. The van der Waals surface area contributed by atoms with Gasteiger partial charge in [-0.05, 0) is 73.8 Å². The van der Waals surface area contributed by atoms with Crippen LogP contribution in [0.25, 0.3) is 89.5 Å². The van der Waals surface area contributed by atoms with Crippen molar-refractivity contribution in [1.29, 1.82) is 0 Å². The number of fused-ring (bicyclic) bond motifs is 6. The fourth-order valence-electron chi connectivity index (χ4n) is 7.43. The van der Waals surface area contributed by atoms with Crippen molar-refractivity contribution in [2.24, 2.45) is 0 Å². The van der Waals surface area contributed by atoms with Gasteiger partial charge in [-0.25, -0.2) is 15.0 Å². The zero-order valence-corrected chi connectivity index (χ0v) is 26.5. The van der Waals surface area contributed by atoms with E-state index in [1.54, 1.807) is 0 Å². The first-order chi connectivity index (χ1) is 24.3. The molecule has 230 valence electrons. The van der Waals surface area contributed by atoms with Crippen molar-refractivity contribution in [3.63, 3.8) is 0 Å². The molecule has 1 aliphatic rings. The first kappa shape index (κ1) is 27.7. The van der Waals surface area contributed by atoms with E-state index in [1.807, 2.05) is 18.2 Å². The smallest absolute Gasteiger partial charge is 0.164 e. The van der Waals surface area contributed by atoms with Crippen LogP contribution in [-0.2, 0) is 0 Å². The summed E-state index contributed by atoms with van der Waals surface area (Å²) in [5.41, 5.74) is 6.02. The molecule has 7 aromatic carbocycles. The molecular formula is C45H29N3O. The summed E-state index contributed by atoms with van der Waals surface area (Å²) in [5.74, 6) is 2.17. The average molecular weight is 628 g/mol. The van der Waals surface area contributed by atoms with Gasteiger partial charge in [-0.1, -0.05) is 133 Å². The van der Waals surface area contributed by atoms with E-state index in [0.717, 1.165) is 72.6 Å². The minimum absolute atomic E-state index is 0.0355. The normalized spacial score (nSPS) is 14.2. The Balaban J connectivity index is 1.19. The maximum atomic E-state index is 6.26. The number of rotatable bonds is 4. The average Bonchev–Trinajstić information content (AvgIpc) is 3.56. The second kappa shape index (κ2) is 11.1. The van der Waals surface area contributed by atoms with E-state index < -0.39 is 0 Å². The molecule has 0 aliphatic heterocycles. The van der Waals surface area contributed by atoms with Gasteiger partial charge in [0.05, 0.1) is 0 Å². The van der Waals surface area contributed by atoms with Crippen LogP contribution in [0.5, 0.6) is 0 Å². The van der Waals surface area contributed by atoms with Crippen LogP contribution in [0.4, 0.5) is 0 Å². The molecule has 1 atom stereocenters. The van der Waals surface area contributed by atoms with Crippen LogP contribution in [0.3, 0.4) is 0 Å². The van der Waals surface area contributed by atoms with Crippen molar-refractivity contribution in [2.45, 2.75) is 12.3 Å². The van der Waals surface area contributed by atoms with Crippen molar-refractivity contribution in [3.8, 4) is 33.9 Å². The molecule has 49 heavy (non-hydrogen) atoms. The maximum absolute atomic E-state index is 6.26. The Hall–Kier alpha value is -6.39. The van der Waals surface area contributed by atoms with Gasteiger partial charge in [-0.2, -0.15) is 0 Å². The number of hydrogen-bond donors (Lipinski definition) is 0. The van der Waals surface area contributed by atoms with Gasteiger partial charge in [0.25, 0.3) is 0 Å². The van der Waals surface area contributed by atoms with Crippen LogP contribution in [0.2, 0.25) is 0 Å². The van der Waals surface area contributed by atoms with Crippen molar-refractivity contribution >= 4 is 55.6 Å². The van der Waals surface area contributed by atoms with Gasteiger partial charge < -0.3 is 4.42 Å². The first-order valence-corrected chi connectivity index (χ1v) is 16.7. The Bertz CT molecular complexity index is 2890. The highest BCUT2D eigenvalue weighted by Gasteiger charge is 2.21. The Morgan fingerprint density at radius 3 is 2.08 bits per heavy atom. The number of aromatic nitrogens is 3. The van der Waals surface area contributed by atoms with Gasteiger partial charge in [0.2, 0.25) is 0 Å². The summed E-state index contributed by atoms with van der Waals surface area (Å²) in [6, 6.07) is 50.9. The van der Waals surface area contributed by atoms with E-state index in [2.05, 4.69) is 140 Å². The summed E-state index contributed by atoms with van der Waals surface area (Å²) in [6.07, 6.45) is 5.43. The third-order valence-corrected chi connectivity index (χ3v) is 9.82. The monoisotopic (exact) mass is 627 g/mol. The maximum Gasteiger partial charge on any atom is 0.164 e. The third-order valence-electron chi connectivity index (χ3n) is 9.82. The minimum atomic E-state index is 0.0355. The lowest BCUT2D eigenvalue weighted by atomic mass is 9.92. The van der Waals surface area contributed by atoms with E-state index in [-0.39, 0.29) is 5.92 Å². The molecule has 0 saturated heterocycles. The van der Waals surface area contributed by atoms with Gasteiger partial charge in [-0.3, -0.25) is 0 Å². The summed E-state index contributed by atoms with van der Waals surface area (Å²) in [7, 11) is 0. The molecule has 0 bridgehead atoms. The Morgan fingerprint density at radius 1 is 0.490 bits per heavy atom. The highest BCUT2D eigenvalue weighted by molar-refractivity contribution is 6.16. The molecule has 4 heteroatoms. The topological polar surface area (TPSA) is 51.8 Å². The summed E-state index contributed by atoms with van der Waals surface area (Å²) in [5, 5.41) is 9.29. The zero-order chi connectivity index (χ0) is 32.3. The molecule has 4 nitrogen and oxygen atoms in total. The second-order valence-electron chi connectivity index (χ2n) is 12.7. The fraction of sp³-hybridized carbons (Fsp3) is 0.0444. The van der Waals surface area contributed by atoms with E-state index in [1.165, 1.54) is 15.8 Å². The van der Waals surface area contributed by atoms with Crippen LogP contribution in [0, 0.1) is 0 Å². The Morgan fingerprint density at radius 2 is 1.18 bits per heavy atom. The Labute approximate surface area is 282 Å². The van der Waals surface area contributed by atoms with Crippen molar-refractivity contribution in [1.82, 2.24) is 15.0 Å². The molecule has 10 rings (SSSR count). The fourth-order valence-corrected chi connectivity index (χ4v) is 7.43. The molecule has 0 spiro atoms. The molecule has 1 aliphatic carbocycles. The first-order valence-electron chi connectivity index (χ1n) is 16.7.